The first-order chi connectivity index (χ1) is 9.15. The third-order valence-corrected chi connectivity index (χ3v) is 5.45. The van der Waals surface area contributed by atoms with Crippen LogP contribution in [0, 0.1) is 11.8 Å². The Morgan fingerprint density at radius 1 is 1.42 bits per heavy atom. The second-order valence-corrected chi connectivity index (χ2v) is 6.62. The van der Waals surface area contributed by atoms with E-state index in [2.05, 4.69) is 26.6 Å². The van der Waals surface area contributed by atoms with Crippen LogP contribution in [0.5, 0.6) is 0 Å². The molecule has 2 N–H and O–H groups in total. The van der Waals surface area contributed by atoms with Gasteiger partial charge in [-0.1, -0.05) is 18.0 Å². The molecule has 3 atom stereocenters. The zero-order chi connectivity index (χ0) is 13.4. The highest BCUT2D eigenvalue weighted by atomic mass is 79.9. The van der Waals surface area contributed by atoms with Crippen molar-refractivity contribution < 1.29 is 4.79 Å². The van der Waals surface area contributed by atoms with Crippen molar-refractivity contribution in [3.8, 4) is 0 Å². The van der Waals surface area contributed by atoms with E-state index in [1.165, 1.54) is 12.8 Å². The summed E-state index contributed by atoms with van der Waals surface area (Å²) >= 11 is 9.37. The van der Waals surface area contributed by atoms with Gasteiger partial charge in [0, 0.05) is 10.2 Å². The molecule has 1 saturated carbocycles. The molecule has 1 aromatic carbocycles. The third kappa shape index (κ3) is 2.67. The Morgan fingerprint density at radius 2 is 2.26 bits per heavy atom. The van der Waals surface area contributed by atoms with Crippen molar-refractivity contribution in [1.82, 2.24) is 5.32 Å². The summed E-state index contributed by atoms with van der Waals surface area (Å²) in [6, 6.07) is 5.42. The Morgan fingerprint density at radius 3 is 3.05 bits per heavy atom. The Hall–Kier alpha value is -0.580. The molecule has 19 heavy (non-hydrogen) atoms. The fraction of sp³-hybridized carbons (Fsp3) is 0.500. The minimum Gasteiger partial charge on any atom is -0.325 e. The second kappa shape index (κ2) is 5.43. The summed E-state index contributed by atoms with van der Waals surface area (Å²) in [5.74, 6) is 1.25. The highest BCUT2D eigenvalue weighted by Gasteiger charge is 2.42. The number of rotatable bonds is 2. The van der Waals surface area contributed by atoms with E-state index < -0.39 is 0 Å². The van der Waals surface area contributed by atoms with E-state index in [4.69, 9.17) is 11.6 Å². The molecule has 0 bridgehead atoms. The Balaban J connectivity index is 1.69. The van der Waals surface area contributed by atoms with Gasteiger partial charge in [0.2, 0.25) is 5.91 Å². The molecule has 2 aliphatic rings. The van der Waals surface area contributed by atoms with Gasteiger partial charge in [0.05, 0.1) is 11.1 Å². The van der Waals surface area contributed by atoms with E-state index in [1.54, 1.807) is 6.07 Å². The van der Waals surface area contributed by atoms with Gasteiger partial charge >= 0.3 is 0 Å². The standard InChI is InChI=1S/C14H16BrClN2O/c15-11-5-4-9(6-12(11)16)18-14(19)13-10-3-1-2-8(10)7-17-13/h4-6,8,10,13,17H,1-3,7H2,(H,18,19). The summed E-state index contributed by atoms with van der Waals surface area (Å²) in [7, 11) is 0. The van der Waals surface area contributed by atoms with Crippen LogP contribution in [-0.4, -0.2) is 18.5 Å². The maximum atomic E-state index is 12.3. The molecule has 1 aliphatic carbocycles. The Labute approximate surface area is 126 Å². The molecule has 102 valence electrons. The summed E-state index contributed by atoms with van der Waals surface area (Å²) in [5, 5.41) is 6.92. The minimum atomic E-state index is -0.0464. The number of benzene rings is 1. The van der Waals surface area contributed by atoms with Gasteiger partial charge in [0.15, 0.2) is 0 Å². The molecule has 3 unspecified atom stereocenters. The maximum absolute atomic E-state index is 12.3. The predicted octanol–water partition coefficient (Wildman–Crippen LogP) is 3.43. The van der Waals surface area contributed by atoms with Crippen molar-refractivity contribution in [2.75, 3.05) is 11.9 Å². The average Bonchev–Trinajstić information content (AvgIpc) is 2.95. The number of hydrogen-bond donors (Lipinski definition) is 2. The zero-order valence-corrected chi connectivity index (χ0v) is 12.8. The molecule has 1 aliphatic heterocycles. The van der Waals surface area contributed by atoms with Crippen LogP contribution in [0.25, 0.3) is 0 Å². The quantitative estimate of drug-likeness (QED) is 0.864. The molecule has 0 radical (unpaired) electrons. The summed E-state index contributed by atoms with van der Waals surface area (Å²) in [5.41, 5.74) is 0.751. The third-order valence-electron chi connectivity index (χ3n) is 4.22. The van der Waals surface area contributed by atoms with Gasteiger partial charge < -0.3 is 10.6 Å². The van der Waals surface area contributed by atoms with Crippen molar-refractivity contribution in [2.24, 2.45) is 11.8 Å². The van der Waals surface area contributed by atoms with Crippen LogP contribution in [0.1, 0.15) is 19.3 Å². The molecular weight excluding hydrogens is 328 g/mol. The number of carbonyl (C=O) groups excluding carboxylic acids is 1. The van der Waals surface area contributed by atoms with Gasteiger partial charge in [-0.15, -0.1) is 0 Å². The molecule has 1 aromatic rings. The molecule has 1 amide bonds. The van der Waals surface area contributed by atoms with Crippen LogP contribution in [-0.2, 0) is 4.79 Å². The maximum Gasteiger partial charge on any atom is 0.241 e. The number of nitrogens with one attached hydrogen (secondary N) is 2. The fourth-order valence-electron chi connectivity index (χ4n) is 3.27. The zero-order valence-electron chi connectivity index (χ0n) is 10.5. The van der Waals surface area contributed by atoms with E-state index >= 15 is 0 Å². The van der Waals surface area contributed by atoms with Gasteiger partial charge in [-0.3, -0.25) is 4.79 Å². The van der Waals surface area contributed by atoms with E-state index in [-0.39, 0.29) is 11.9 Å². The molecule has 3 rings (SSSR count). The highest BCUT2D eigenvalue weighted by molar-refractivity contribution is 9.10. The van der Waals surface area contributed by atoms with Crippen molar-refractivity contribution in [2.45, 2.75) is 25.3 Å². The van der Waals surface area contributed by atoms with E-state index in [0.29, 0.717) is 16.9 Å². The molecule has 3 nitrogen and oxygen atoms in total. The van der Waals surface area contributed by atoms with Gasteiger partial charge in [-0.2, -0.15) is 0 Å². The van der Waals surface area contributed by atoms with Crippen LogP contribution >= 0.6 is 27.5 Å². The lowest BCUT2D eigenvalue weighted by Gasteiger charge is -2.17. The van der Waals surface area contributed by atoms with Crippen molar-refractivity contribution >= 4 is 39.1 Å². The van der Waals surface area contributed by atoms with Crippen LogP contribution in [0.15, 0.2) is 22.7 Å². The van der Waals surface area contributed by atoms with Crippen molar-refractivity contribution in [3.63, 3.8) is 0 Å². The molecule has 0 aromatic heterocycles. The lowest BCUT2D eigenvalue weighted by Crippen LogP contribution is -2.39. The van der Waals surface area contributed by atoms with E-state index in [9.17, 15) is 4.79 Å². The topological polar surface area (TPSA) is 41.1 Å². The fourth-order valence-corrected chi connectivity index (χ4v) is 3.70. The molecule has 0 spiro atoms. The van der Waals surface area contributed by atoms with Crippen LogP contribution in [0.4, 0.5) is 5.69 Å². The SMILES string of the molecule is O=C(Nc1ccc(Br)c(Cl)c1)C1NCC2CCCC21. The van der Waals surface area contributed by atoms with Crippen LogP contribution < -0.4 is 10.6 Å². The molecule has 1 heterocycles. The normalized spacial score (nSPS) is 29.3. The van der Waals surface area contributed by atoms with Crippen LogP contribution in [0.2, 0.25) is 5.02 Å². The number of fused-ring (bicyclic) bond motifs is 1. The summed E-state index contributed by atoms with van der Waals surface area (Å²) < 4.78 is 0.835. The molecule has 5 heteroatoms. The summed E-state index contributed by atoms with van der Waals surface area (Å²) in [6.07, 6.45) is 3.67. The number of hydrogen-bond acceptors (Lipinski definition) is 2. The Kier molecular flexibility index (Phi) is 3.83. The number of anilines is 1. The van der Waals surface area contributed by atoms with E-state index in [1.807, 2.05) is 12.1 Å². The monoisotopic (exact) mass is 342 g/mol. The second-order valence-electron chi connectivity index (χ2n) is 5.36. The molecule has 2 fully saturated rings. The van der Waals surface area contributed by atoms with E-state index in [0.717, 1.165) is 23.1 Å². The van der Waals surface area contributed by atoms with Crippen molar-refractivity contribution in [1.29, 1.82) is 0 Å². The van der Waals surface area contributed by atoms with Crippen LogP contribution in [0.3, 0.4) is 0 Å². The highest BCUT2D eigenvalue weighted by Crippen LogP contribution is 2.38. The smallest absolute Gasteiger partial charge is 0.241 e. The average molecular weight is 344 g/mol. The molecule has 1 saturated heterocycles. The van der Waals surface area contributed by atoms with Gasteiger partial charge in [0.25, 0.3) is 0 Å². The lowest BCUT2D eigenvalue weighted by molar-refractivity contribution is -0.118. The lowest BCUT2D eigenvalue weighted by atomic mass is 9.93. The number of carbonyl (C=O) groups is 1. The largest absolute Gasteiger partial charge is 0.325 e. The Bertz CT molecular complexity index is 508. The number of amides is 1. The predicted molar refractivity (Wildman–Crippen MR) is 80.4 cm³/mol. The van der Waals surface area contributed by atoms with Gasteiger partial charge in [-0.25, -0.2) is 0 Å². The molecular formula is C14H16BrClN2O. The first kappa shape index (κ1) is 13.4. The minimum absolute atomic E-state index is 0.0464. The van der Waals surface area contributed by atoms with Gasteiger partial charge in [-0.05, 0) is 65.4 Å². The first-order valence-corrected chi connectivity index (χ1v) is 7.81. The van der Waals surface area contributed by atoms with Crippen molar-refractivity contribution in [3.05, 3.63) is 27.7 Å². The number of halogens is 2. The van der Waals surface area contributed by atoms with Gasteiger partial charge in [0.1, 0.15) is 0 Å². The summed E-state index contributed by atoms with van der Waals surface area (Å²) in [4.78, 5) is 12.3. The summed E-state index contributed by atoms with van der Waals surface area (Å²) in [6.45, 7) is 0.976. The first-order valence-electron chi connectivity index (χ1n) is 6.64.